The van der Waals surface area contributed by atoms with Crippen molar-refractivity contribution in [3.63, 3.8) is 0 Å². The first-order valence-electron chi connectivity index (χ1n) is 10.5. The Morgan fingerprint density at radius 2 is 1.91 bits per heavy atom. The second-order valence-electron chi connectivity index (χ2n) is 8.52. The molecule has 4 rings (SSSR count). The van der Waals surface area contributed by atoms with Crippen LogP contribution in [0.5, 0.6) is 0 Å². The normalized spacial score (nSPS) is 13.5. The molecule has 168 valence electrons. The Balaban J connectivity index is 1.88. The van der Waals surface area contributed by atoms with Gasteiger partial charge >= 0.3 is 0 Å². The van der Waals surface area contributed by atoms with Crippen molar-refractivity contribution in [1.82, 2.24) is 10.1 Å². The second kappa shape index (κ2) is 9.22. The highest BCUT2D eigenvalue weighted by atomic mass is 32.2. The van der Waals surface area contributed by atoms with Gasteiger partial charge in [-0.15, -0.1) is 0 Å². The maximum atomic E-state index is 15.5. The molecule has 8 heteroatoms. The number of nitrogens with two attached hydrogens (primary N) is 1. The lowest BCUT2D eigenvalue weighted by Gasteiger charge is -2.29. The predicted molar refractivity (Wildman–Crippen MR) is 126 cm³/mol. The van der Waals surface area contributed by atoms with Crippen LogP contribution in [-0.2, 0) is 17.4 Å². The minimum absolute atomic E-state index is 0.282. The summed E-state index contributed by atoms with van der Waals surface area (Å²) < 4.78 is 32.4. The molecule has 0 saturated carbocycles. The fraction of sp³-hybridized carbons (Fsp3) is 0.240. The zero-order chi connectivity index (χ0) is 23.6. The average Bonchev–Trinajstić information content (AvgIpc) is 3.22. The summed E-state index contributed by atoms with van der Waals surface area (Å²) in [6.07, 6.45) is 0.665. The van der Waals surface area contributed by atoms with Crippen LogP contribution in [0.4, 0.5) is 4.39 Å². The maximum absolute atomic E-state index is 15.5. The minimum Gasteiger partial charge on any atom is -0.356 e. The lowest BCUT2D eigenvalue weighted by Crippen LogP contribution is -2.34. The molecule has 0 radical (unpaired) electrons. The number of aromatic nitrogens is 2. The van der Waals surface area contributed by atoms with Crippen LogP contribution in [0, 0.1) is 17.1 Å². The van der Waals surface area contributed by atoms with E-state index in [-0.39, 0.29) is 5.69 Å². The van der Waals surface area contributed by atoms with Gasteiger partial charge in [0.25, 0.3) is 0 Å². The van der Waals surface area contributed by atoms with Crippen LogP contribution in [0.1, 0.15) is 43.1 Å². The highest BCUT2D eigenvalue weighted by molar-refractivity contribution is 7.84. The fourth-order valence-corrected chi connectivity index (χ4v) is 4.46. The number of hydrogen-bond donors (Lipinski definition) is 1. The number of nitrogens with zero attached hydrogens (tertiary/aromatic N) is 3. The highest BCUT2D eigenvalue weighted by Gasteiger charge is 2.32. The summed E-state index contributed by atoms with van der Waals surface area (Å²) in [4.78, 5) is 4.38. The molecular formula is C25H23FN4O2S. The van der Waals surface area contributed by atoms with Crippen LogP contribution in [0.15, 0.2) is 65.2 Å². The van der Waals surface area contributed by atoms with E-state index < -0.39 is 27.5 Å². The van der Waals surface area contributed by atoms with Gasteiger partial charge in [-0.1, -0.05) is 35.5 Å². The van der Waals surface area contributed by atoms with Gasteiger partial charge in [0.05, 0.1) is 15.7 Å². The lowest BCUT2D eigenvalue weighted by molar-refractivity contribution is 0.458. The smallest absolute Gasteiger partial charge is 0.167 e. The monoisotopic (exact) mass is 462 g/mol. The zero-order valence-electron chi connectivity index (χ0n) is 18.3. The standard InChI is InChI=1S/C25H23FN4O2S/c1-25(2,33(28)31)14-16(13-17-7-5-8-18(15-27)29-17)23-20(10-6-11-21(23)26)24-19-9-3-4-12-22(19)32-30-24/h3-12,16H,13-14,28H2,1-2H3/t16-,33?/m0/s1. The molecule has 0 saturated heterocycles. The van der Waals surface area contributed by atoms with E-state index in [2.05, 4.69) is 10.1 Å². The highest BCUT2D eigenvalue weighted by Crippen LogP contribution is 2.40. The predicted octanol–water partition coefficient (Wildman–Crippen LogP) is 5.02. The number of para-hydroxylation sites is 1. The van der Waals surface area contributed by atoms with E-state index >= 15 is 4.39 Å². The summed E-state index contributed by atoms with van der Waals surface area (Å²) in [6, 6.07) is 19.4. The largest absolute Gasteiger partial charge is 0.356 e. The van der Waals surface area contributed by atoms with Crippen molar-refractivity contribution >= 4 is 22.0 Å². The molecule has 2 aromatic heterocycles. The Labute approximate surface area is 193 Å². The molecule has 2 atom stereocenters. The van der Waals surface area contributed by atoms with Gasteiger partial charge in [-0.3, -0.25) is 5.14 Å². The molecule has 2 aromatic carbocycles. The van der Waals surface area contributed by atoms with Gasteiger partial charge in [-0.2, -0.15) is 5.26 Å². The quantitative estimate of drug-likeness (QED) is 0.415. The average molecular weight is 463 g/mol. The van der Waals surface area contributed by atoms with Gasteiger partial charge < -0.3 is 4.52 Å². The number of rotatable bonds is 7. The topological polar surface area (TPSA) is 106 Å². The van der Waals surface area contributed by atoms with E-state index in [1.807, 2.05) is 24.3 Å². The first-order chi connectivity index (χ1) is 15.8. The number of nitriles is 1. The number of pyridine rings is 1. The summed E-state index contributed by atoms with van der Waals surface area (Å²) >= 11 is 0. The molecule has 0 fully saturated rings. The molecule has 0 aliphatic rings. The molecule has 0 spiro atoms. The van der Waals surface area contributed by atoms with Crippen molar-refractivity contribution in [2.24, 2.45) is 5.14 Å². The first kappa shape index (κ1) is 22.8. The Morgan fingerprint density at radius 1 is 1.15 bits per heavy atom. The number of hydrogen-bond acceptors (Lipinski definition) is 5. The van der Waals surface area contributed by atoms with Crippen LogP contribution in [-0.4, -0.2) is 19.1 Å². The Morgan fingerprint density at radius 3 is 2.67 bits per heavy atom. The van der Waals surface area contributed by atoms with Crippen LogP contribution in [0.2, 0.25) is 0 Å². The molecule has 4 aromatic rings. The summed E-state index contributed by atoms with van der Waals surface area (Å²) in [5, 5.41) is 20.0. The van der Waals surface area contributed by atoms with Gasteiger partial charge in [-0.05, 0) is 62.9 Å². The first-order valence-corrected chi connectivity index (χ1v) is 11.7. The minimum atomic E-state index is -1.64. The molecule has 2 heterocycles. The van der Waals surface area contributed by atoms with E-state index in [4.69, 9.17) is 9.66 Å². The van der Waals surface area contributed by atoms with Gasteiger partial charge in [0.1, 0.15) is 23.3 Å². The van der Waals surface area contributed by atoms with Crippen molar-refractivity contribution in [3.05, 3.63) is 83.4 Å². The number of halogens is 1. The molecule has 0 aliphatic heterocycles. The van der Waals surface area contributed by atoms with Crippen molar-refractivity contribution in [1.29, 1.82) is 5.26 Å². The van der Waals surface area contributed by atoms with E-state index in [1.54, 1.807) is 50.2 Å². The SMILES string of the molecule is CC(C)(C[C@H](Cc1cccc(C#N)n1)c1c(F)cccc1-c1noc2ccccc12)S(N)=O. The lowest BCUT2D eigenvalue weighted by atomic mass is 9.82. The van der Waals surface area contributed by atoms with Crippen LogP contribution in [0.25, 0.3) is 22.2 Å². The third-order valence-electron chi connectivity index (χ3n) is 5.75. The molecular weight excluding hydrogens is 439 g/mol. The third-order valence-corrected chi connectivity index (χ3v) is 7.01. The molecule has 2 N–H and O–H groups in total. The molecule has 1 unspecified atom stereocenters. The number of fused-ring (bicyclic) bond motifs is 1. The van der Waals surface area contributed by atoms with Crippen molar-refractivity contribution < 1.29 is 13.1 Å². The molecule has 0 aliphatic carbocycles. The van der Waals surface area contributed by atoms with Crippen molar-refractivity contribution in [2.75, 3.05) is 0 Å². The van der Waals surface area contributed by atoms with Crippen LogP contribution in [0.3, 0.4) is 0 Å². The zero-order valence-corrected chi connectivity index (χ0v) is 19.1. The van der Waals surface area contributed by atoms with Crippen molar-refractivity contribution in [2.45, 2.75) is 37.4 Å². The van der Waals surface area contributed by atoms with E-state index in [0.717, 1.165) is 5.39 Å². The summed E-state index contributed by atoms with van der Waals surface area (Å²) in [7, 11) is -1.64. The molecule has 0 bridgehead atoms. The fourth-order valence-electron chi connectivity index (χ4n) is 4.10. The molecule has 33 heavy (non-hydrogen) atoms. The summed E-state index contributed by atoms with van der Waals surface area (Å²) in [5.74, 6) is -0.833. The van der Waals surface area contributed by atoms with E-state index in [1.165, 1.54) is 6.07 Å². The van der Waals surface area contributed by atoms with Gasteiger partial charge in [0, 0.05) is 22.2 Å². The van der Waals surface area contributed by atoms with Crippen molar-refractivity contribution in [3.8, 4) is 17.3 Å². The van der Waals surface area contributed by atoms with E-state index in [0.29, 0.717) is 40.9 Å². The molecule has 0 amide bonds. The third kappa shape index (κ3) is 4.70. The van der Waals surface area contributed by atoms with Gasteiger partial charge in [0.2, 0.25) is 0 Å². The Bertz CT molecular complexity index is 1380. The Kier molecular flexibility index (Phi) is 6.36. The molecule has 6 nitrogen and oxygen atoms in total. The van der Waals surface area contributed by atoms with Crippen LogP contribution < -0.4 is 5.14 Å². The number of benzene rings is 2. The van der Waals surface area contributed by atoms with Crippen LogP contribution >= 0.6 is 0 Å². The second-order valence-corrected chi connectivity index (χ2v) is 10.2. The maximum Gasteiger partial charge on any atom is 0.167 e. The Hall–Kier alpha value is -3.41. The summed E-state index contributed by atoms with van der Waals surface area (Å²) in [5.41, 5.74) is 3.09. The van der Waals surface area contributed by atoms with E-state index in [9.17, 15) is 9.47 Å². The van der Waals surface area contributed by atoms with Gasteiger partial charge in [0.15, 0.2) is 5.58 Å². The van der Waals surface area contributed by atoms with Gasteiger partial charge in [-0.25, -0.2) is 13.6 Å². The summed E-state index contributed by atoms with van der Waals surface area (Å²) in [6.45, 7) is 3.59.